The number of unbranched alkanes of at least 4 members (excludes halogenated alkanes) is 8. The maximum Gasteiger partial charge on any atom is 0.352 e. The van der Waals surface area contributed by atoms with Crippen molar-refractivity contribution in [1.82, 2.24) is 0 Å². The third-order valence-corrected chi connectivity index (χ3v) is 8.65. The molecule has 284 valence electrons. The number of carbonyl (C=O) groups excluding carboxylic acids is 2. The SMILES string of the molecule is CCCCCOc1c(OCCCCC)c(OCCCCC)c2c3c(OOC(C)=O)c(OOC(C)=O)ccc3c3ccccc3c2c1OCCCCC. The molecular formula is C42H56O10. The van der Waals surface area contributed by atoms with Crippen LogP contribution >= 0.6 is 0 Å². The Morgan fingerprint density at radius 1 is 0.442 bits per heavy atom. The van der Waals surface area contributed by atoms with Crippen LogP contribution in [0.5, 0.6) is 34.5 Å². The highest BCUT2D eigenvalue weighted by molar-refractivity contribution is 6.31. The van der Waals surface area contributed by atoms with Gasteiger partial charge in [0.25, 0.3) is 0 Å². The van der Waals surface area contributed by atoms with E-state index in [1.54, 1.807) is 6.07 Å². The molecule has 0 heterocycles. The van der Waals surface area contributed by atoms with Gasteiger partial charge in [0.05, 0.1) is 26.4 Å². The second kappa shape index (κ2) is 21.1. The molecule has 0 N–H and O–H groups in total. The average Bonchev–Trinajstić information content (AvgIpc) is 3.14. The fourth-order valence-electron chi connectivity index (χ4n) is 6.12. The van der Waals surface area contributed by atoms with E-state index in [4.69, 9.17) is 38.5 Å². The van der Waals surface area contributed by atoms with Gasteiger partial charge in [0.2, 0.25) is 23.0 Å². The molecule has 0 aromatic heterocycles. The molecule has 0 saturated carbocycles. The zero-order chi connectivity index (χ0) is 37.3. The molecule has 52 heavy (non-hydrogen) atoms. The smallest absolute Gasteiger partial charge is 0.352 e. The van der Waals surface area contributed by atoms with E-state index in [0.717, 1.165) is 98.6 Å². The molecule has 0 radical (unpaired) electrons. The number of hydrogen-bond donors (Lipinski definition) is 0. The molecule has 4 aromatic rings. The average molecular weight is 721 g/mol. The van der Waals surface area contributed by atoms with E-state index in [9.17, 15) is 9.59 Å². The fourth-order valence-corrected chi connectivity index (χ4v) is 6.12. The van der Waals surface area contributed by atoms with Crippen molar-refractivity contribution in [1.29, 1.82) is 0 Å². The Hall–Kier alpha value is -4.60. The minimum atomic E-state index is -0.681. The van der Waals surface area contributed by atoms with E-state index in [1.165, 1.54) is 13.8 Å². The van der Waals surface area contributed by atoms with E-state index in [0.29, 0.717) is 60.2 Å². The van der Waals surface area contributed by atoms with Gasteiger partial charge >= 0.3 is 11.9 Å². The first-order chi connectivity index (χ1) is 25.4. The van der Waals surface area contributed by atoms with Gasteiger partial charge in [-0.15, -0.1) is 0 Å². The highest BCUT2D eigenvalue weighted by atomic mass is 17.2. The van der Waals surface area contributed by atoms with Crippen LogP contribution in [0.15, 0.2) is 36.4 Å². The van der Waals surface area contributed by atoms with Crippen LogP contribution in [0, 0.1) is 0 Å². The molecular weight excluding hydrogens is 664 g/mol. The number of carbonyl (C=O) groups is 2. The molecule has 0 spiro atoms. The van der Waals surface area contributed by atoms with Crippen molar-refractivity contribution in [3.8, 4) is 34.5 Å². The van der Waals surface area contributed by atoms with Crippen molar-refractivity contribution in [3.05, 3.63) is 36.4 Å². The minimum absolute atomic E-state index is 0.0215. The normalized spacial score (nSPS) is 11.1. The molecule has 0 saturated heterocycles. The van der Waals surface area contributed by atoms with E-state index in [-0.39, 0.29) is 11.5 Å². The molecule has 0 amide bonds. The molecule has 4 rings (SSSR count). The largest absolute Gasteiger partial charge is 0.489 e. The van der Waals surface area contributed by atoms with Crippen LogP contribution in [-0.4, -0.2) is 38.4 Å². The summed E-state index contributed by atoms with van der Waals surface area (Å²) in [6.07, 6.45) is 11.5. The quantitative estimate of drug-likeness (QED) is 0.0300. The van der Waals surface area contributed by atoms with E-state index < -0.39 is 11.9 Å². The summed E-state index contributed by atoms with van der Waals surface area (Å²) in [5.41, 5.74) is 0. The zero-order valence-corrected chi connectivity index (χ0v) is 31.9. The van der Waals surface area contributed by atoms with Crippen molar-refractivity contribution < 1.29 is 48.1 Å². The first-order valence-corrected chi connectivity index (χ1v) is 19.1. The Morgan fingerprint density at radius 3 is 1.33 bits per heavy atom. The Morgan fingerprint density at radius 2 is 0.846 bits per heavy atom. The second-order valence-electron chi connectivity index (χ2n) is 13.0. The lowest BCUT2D eigenvalue weighted by Gasteiger charge is -2.25. The Kier molecular flexibility index (Phi) is 16.3. The molecule has 4 aromatic carbocycles. The van der Waals surface area contributed by atoms with Gasteiger partial charge in [-0.1, -0.05) is 103 Å². The zero-order valence-electron chi connectivity index (χ0n) is 31.9. The fraction of sp³-hybridized carbons (Fsp3) is 0.524. The molecule has 10 nitrogen and oxygen atoms in total. The summed E-state index contributed by atoms with van der Waals surface area (Å²) in [4.78, 5) is 45.5. The van der Waals surface area contributed by atoms with Gasteiger partial charge in [-0.3, -0.25) is 19.6 Å². The molecule has 0 fully saturated rings. The van der Waals surface area contributed by atoms with Crippen LogP contribution in [0.25, 0.3) is 32.3 Å². The highest BCUT2D eigenvalue weighted by Gasteiger charge is 2.31. The predicted molar refractivity (Wildman–Crippen MR) is 204 cm³/mol. The Bertz CT molecular complexity index is 1770. The molecule has 0 unspecified atom stereocenters. The molecule has 0 aliphatic heterocycles. The molecule has 0 aliphatic rings. The van der Waals surface area contributed by atoms with Crippen LogP contribution in [0.2, 0.25) is 0 Å². The highest BCUT2D eigenvalue weighted by Crippen LogP contribution is 2.58. The lowest BCUT2D eigenvalue weighted by atomic mass is 9.91. The Labute approximate surface area is 307 Å². The Balaban J connectivity index is 2.23. The van der Waals surface area contributed by atoms with Gasteiger partial charge in [0, 0.05) is 30.0 Å². The predicted octanol–water partition coefficient (Wildman–Crippen LogP) is 11.1. The molecule has 0 atom stereocenters. The number of hydrogen-bond acceptors (Lipinski definition) is 10. The molecule has 10 heteroatoms. The van der Waals surface area contributed by atoms with Gasteiger partial charge in [0.1, 0.15) is 0 Å². The summed E-state index contributed by atoms with van der Waals surface area (Å²) in [5, 5.41) is 4.37. The van der Waals surface area contributed by atoms with Crippen molar-refractivity contribution in [2.24, 2.45) is 0 Å². The van der Waals surface area contributed by atoms with Gasteiger partial charge < -0.3 is 18.9 Å². The van der Waals surface area contributed by atoms with Crippen LogP contribution < -0.4 is 28.7 Å². The number of fused-ring (bicyclic) bond motifs is 6. The van der Waals surface area contributed by atoms with Crippen LogP contribution in [0.1, 0.15) is 119 Å². The third-order valence-electron chi connectivity index (χ3n) is 8.65. The van der Waals surface area contributed by atoms with Gasteiger partial charge in [-0.2, -0.15) is 0 Å². The summed E-state index contributed by atoms with van der Waals surface area (Å²) < 4.78 is 27.0. The second-order valence-corrected chi connectivity index (χ2v) is 13.0. The van der Waals surface area contributed by atoms with Crippen molar-refractivity contribution >= 4 is 44.3 Å². The van der Waals surface area contributed by atoms with Gasteiger partial charge in [-0.25, -0.2) is 9.59 Å². The van der Waals surface area contributed by atoms with E-state index in [2.05, 4.69) is 33.8 Å². The monoisotopic (exact) mass is 720 g/mol. The molecule has 0 bridgehead atoms. The number of ether oxygens (including phenoxy) is 4. The van der Waals surface area contributed by atoms with Crippen LogP contribution in [0.3, 0.4) is 0 Å². The summed E-state index contributed by atoms with van der Waals surface area (Å²) in [5.74, 6) is 0.641. The third kappa shape index (κ3) is 10.3. The van der Waals surface area contributed by atoms with E-state index >= 15 is 0 Å². The first-order valence-electron chi connectivity index (χ1n) is 19.1. The van der Waals surface area contributed by atoms with Crippen LogP contribution in [-0.2, 0) is 19.4 Å². The summed E-state index contributed by atoms with van der Waals surface area (Å²) >= 11 is 0. The first kappa shape index (κ1) is 40.2. The minimum Gasteiger partial charge on any atom is -0.489 e. The maximum atomic E-state index is 12.2. The summed E-state index contributed by atoms with van der Waals surface area (Å²) in [7, 11) is 0. The molecule has 0 aliphatic carbocycles. The lowest BCUT2D eigenvalue weighted by Crippen LogP contribution is -2.11. The van der Waals surface area contributed by atoms with Crippen LogP contribution in [0.4, 0.5) is 0 Å². The number of rotatable bonds is 24. The number of benzene rings is 4. The van der Waals surface area contributed by atoms with Gasteiger partial charge in [-0.05, 0) is 54.0 Å². The van der Waals surface area contributed by atoms with Gasteiger partial charge in [0.15, 0.2) is 11.5 Å². The summed E-state index contributed by atoms with van der Waals surface area (Å²) in [6, 6.07) is 11.5. The maximum absolute atomic E-state index is 12.2. The van der Waals surface area contributed by atoms with Crippen molar-refractivity contribution in [3.63, 3.8) is 0 Å². The van der Waals surface area contributed by atoms with Crippen molar-refractivity contribution in [2.45, 2.75) is 119 Å². The lowest BCUT2D eigenvalue weighted by molar-refractivity contribution is -0.223. The standard InChI is InChI=1S/C42H56O10/c1-7-11-17-25-45-39-36-32-22-16-15-21-31(32)33-23-24-34(51-49-29(5)43)38(52-50-30(6)44)35(33)37(36)40(46-26-18-12-8-2)42(48-28-20-14-10-4)41(39)47-27-19-13-9-3/h15-16,21-24H,7-14,17-20,25-28H2,1-6H3. The van der Waals surface area contributed by atoms with E-state index in [1.807, 2.05) is 24.3 Å². The van der Waals surface area contributed by atoms with Crippen molar-refractivity contribution in [2.75, 3.05) is 26.4 Å². The summed E-state index contributed by atoms with van der Waals surface area (Å²) in [6.45, 7) is 12.9. The topological polar surface area (TPSA) is 108 Å².